The number of ether oxygens (including phenoxy) is 2. The molecule has 7 nitrogen and oxygen atoms in total. The second-order valence-electron chi connectivity index (χ2n) is 12.7. The predicted molar refractivity (Wildman–Crippen MR) is 170 cm³/mol. The molecule has 1 spiro atoms. The SMILES string of the molecule is CCCC(C)(CC(CC)c1ccc(CN2c3ccccc3C(C)(C)C23C=Cc2cc([N+](=O)[O-])ccc2O3)cc1)C(=O)OC. The summed E-state index contributed by atoms with van der Waals surface area (Å²) in [5.74, 6) is 0.732. The first-order chi connectivity index (χ1) is 20.5. The Labute approximate surface area is 254 Å². The molecule has 0 N–H and O–H groups in total. The molecule has 0 aromatic heterocycles. The van der Waals surface area contributed by atoms with Gasteiger partial charge in [0, 0.05) is 29.9 Å². The number of benzene rings is 3. The number of nitrogens with zero attached hydrogens (tertiary/aromatic N) is 2. The third-order valence-corrected chi connectivity index (χ3v) is 9.58. The lowest BCUT2D eigenvalue weighted by Crippen LogP contribution is -2.59. The van der Waals surface area contributed by atoms with Crippen molar-refractivity contribution in [2.24, 2.45) is 5.41 Å². The summed E-state index contributed by atoms with van der Waals surface area (Å²) < 4.78 is 12.1. The summed E-state index contributed by atoms with van der Waals surface area (Å²) in [6.07, 6.45) is 7.41. The Hall–Kier alpha value is -4.13. The number of anilines is 1. The summed E-state index contributed by atoms with van der Waals surface area (Å²) in [5, 5.41) is 11.4. The molecule has 0 aliphatic carbocycles. The van der Waals surface area contributed by atoms with Crippen molar-refractivity contribution in [3.05, 3.63) is 105 Å². The molecule has 0 radical (unpaired) electrons. The van der Waals surface area contributed by atoms with Gasteiger partial charge in [0.25, 0.3) is 5.69 Å². The van der Waals surface area contributed by atoms with E-state index in [1.54, 1.807) is 12.1 Å². The highest BCUT2D eigenvalue weighted by atomic mass is 16.6. The monoisotopic (exact) mass is 582 g/mol. The molecule has 7 heteroatoms. The van der Waals surface area contributed by atoms with E-state index in [2.05, 4.69) is 81.1 Å². The van der Waals surface area contributed by atoms with Crippen molar-refractivity contribution >= 4 is 23.4 Å². The Morgan fingerprint density at radius 3 is 2.47 bits per heavy atom. The van der Waals surface area contributed by atoms with Crippen LogP contribution in [0.2, 0.25) is 0 Å². The molecule has 3 aromatic rings. The molecule has 0 saturated heterocycles. The van der Waals surface area contributed by atoms with Crippen LogP contribution in [-0.2, 0) is 21.5 Å². The number of rotatable bonds is 10. The smallest absolute Gasteiger partial charge is 0.311 e. The van der Waals surface area contributed by atoms with Crippen LogP contribution >= 0.6 is 0 Å². The Bertz CT molecular complexity index is 1550. The van der Waals surface area contributed by atoms with Crippen LogP contribution in [-0.4, -0.2) is 23.7 Å². The molecule has 0 saturated carbocycles. The highest BCUT2D eigenvalue weighted by molar-refractivity contribution is 5.76. The number of fused-ring (bicyclic) bond motifs is 2. The van der Waals surface area contributed by atoms with Gasteiger partial charge in [0.15, 0.2) is 0 Å². The molecule has 2 heterocycles. The van der Waals surface area contributed by atoms with Gasteiger partial charge in [0.2, 0.25) is 5.72 Å². The number of non-ortho nitro benzene ring substituents is 1. The summed E-state index contributed by atoms with van der Waals surface area (Å²) in [7, 11) is 1.48. The van der Waals surface area contributed by atoms with E-state index in [-0.39, 0.29) is 22.5 Å². The minimum atomic E-state index is -0.826. The zero-order valence-electron chi connectivity index (χ0n) is 26.1. The van der Waals surface area contributed by atoms with Gasteiger partial charge in [0.05, 0.1) is 22.9 Å². The van der Waals surface area contributed by atoms with Crippen molar-refractivity contribution in [2.75, 3.05) is 12.0 Å². The number of nitro benzene ring substituents is 1. The molecular weight excluding hydrogens is 540 g/mol. The first-order valence-electron chi connectivity index (χ1n) is 15.2. The van der Waals surface area contributed by atoms with Crippen molar-refractivity contribution in [1.82, 2.24) is 0 Å². The fraction of sp³-hybridized carbons (Fsp3) is 0.417. The lowest BCUT2D eigenvalue weighted by Gasteiger charge is -2.47. The van der Waals surface area contributed by atoms with Crippen molar-refractivity contribution < 1.29 is 19.2 Å². The number of carbonyl (C=O) groups excluding carboxylic acids is 1. The third kappa shape index (κ3) is 5.19. The zero-order chi connectivity index (χ0) is 31.0. The highest BCUT2D eigenvalue weighted by Gasteiger charge is 2.58. The lowest BCUT2D eigenvalue weighted by molar-refractivity contribution is -0.384. The van der Waals surface area contributed by atoms with E-state index in [1.807, 2.05) is 19.1 Å². The molecule has 226 valence electrons. The van der Waals surface area contributed by atoms with Crippen LogP contribution in [0.15, 0.2) is 72.8 Å². The number of hydrogen-bond acceptors (Lipinski definition) is 6. The molecule has 5 rings (SSSR count). The van der Waals surface area contributed by atoms with Crippen LogP contribution < -0.4 is 9.64 Å². The van der Waals surface area contributed by atoms with Gasteiger partial charge < -0.3 is 14.4 Å². The predicted octanol–water partition coefficient (Wildman–Crippen LogP) is 8.56. The van der Waals surface area contributed by atoms with Gasteiger partial charge in [-0.2, -0.15) is 0 Å². The molecule has 3 atom stereocenters. The molecule has 2 aliphatic rings. The first-order valence-corrected chi connectivity index (χ1v) is 15.2. The quantitative estimate of drug-likeness (QED) is 0.135. The van der Waals surface area contributed by atoms with Crippen LogP contribution in [0.25, 0.3) is 6.08 Å². The van der Waals surface area contributed by atoms with E-state index in [0.717, 1.165) is 36.9 Å². The number of methoxy groups -OCH3 is 1. The van der Waals surface area contributed by atoms with E-state index in [1.165, 1.54) is 24.3 Å². The van der Waals surface area contributed by atoms with Crippen LogP contribution in [0.4, 0.5) is 11.4 Å². The van der Waals surface area contributed by atoms with Gasteiger partial charge >= 0.3 is 5.97 Å². The molecule has 3 unspecified atom stereocenters. The molecule has 2 aliphatic heterocycles. The fourth-order valence-corrected chi connectivity index (χ4v) is 7.11. The van der Waals surface area contributed by atoms with Gasteiger partial charge in [-0.25, -0.2) is 0 Å². The number of carbonyl (C=O) groups is 1. The molecular formula is C36H42N2O5. The van der Waals surface area contributed by atoms with E-state index in [4.69, 9.17) is 9.47 Å². The minimum absolute atomic E-state index is 0.0424. The largest absolute Gasteiger partial charge is 0.469 e. The third-order valence-electron chi connectivity index (χ3n) is 9.58. The Morgan fingerprint density at radius 1 is 1.09 bits per heavy atom. The topological polar surface area (TPSA) is 81.9 Å². The summed E-state index contributed by atoms with van der Waals surface area (Å²) in [6, 6.07) is 21.9. The summed E-state index contributed by atoms with van der Waals surface area (Å²) in [4.78, 5) is 26.0. The van der Waals surface area contributed by atoms with Crippen molar-refractivity contribution in [1.29, 1.82) is 0 Å². The van der Waals surface area contributed by atoms with E-state index in [0.29, 0.717) is 17.9 Å². The van der Waals surface area contributed by atoms with Gasteiger partial charge in [0.1, 0.15) is 5.75 Å². The zero-order valence-corrected chi connectivity index (χ0v) is 26.1. The molecule has 0 amide bonds. The summed E-state index contributed by atoms with van der Waals surface area (Å²) in [6.45, 7) is 11.3. The summed E-state index contributed by atoms with van der Waals surface area (Å²) in [5.41, 5.74) is 3.64. The maximum Gasteiger partial charge on any atom is 0.311 e. The Balaban J connectivity index is 1.46. The maximum atomic E-state index is 12.7. The average Bonchev–Trinajstić information content (AvgIpc) is 3.18. The maximum absolute atomic E-state index is 12.7. The van der Waals surface area contributed by atoms with Gasteiger partial charge in [-0.15, -0.1) is 0 Å². The normalized spacial score (nSPS) is 20.1. The number of nitro groups is 1. The Kier molecular flexibility index (Phi) is 8.12. The van der Waals surface area contributed by atoms with E-state index < -0.39 is 16.6 Å². The Morgan fingerprint density at radius 2 is 1.81 bits per heavy atom. The van der Waals surface area contributed by atoms with Crippen molar-refractivity contribution in [3.63, 3.8) is 0 Å². The van der Waals surface area contributed by atoms with Crippen LogP contribution in [0.3, 0.4) is 0 Å². The second kappa shape index (κ2) is 11.5. The highest BCUT2D eigenvalue weighted by Crippen LogP contribution is 2.55. The number of hydrogen-bond donors (Lipinski definition) is 0. The minimum Gasteiger partial charge on any atom is -0.469 e. The second-order valence-corrected chi connectivity index (χ2v) is 12.7. The van der Waals surface area contributed by atoms with Crippen LogP contribution in [0.1, 0.15) is 88.5 Å². The molecule has 43 heavy (non-hydrogen) atoms. The number of esters is 1. The first kappa shape index (κ1) is 30.3. The standard InChI is InChI=1S/C36H42N2O5/c1-7-20-35(5,33(39)42-6)23-26(8-2)27-15-13-25(14-16-27)24-37-31-12-10-9-11-30(31)34(3,4)36(37)21-19-28-22-29(38(40)41)17-18-32(28)43-36/h9-19,21-22,26H,7-8,20,23-24H2,1-6H3. The molecule has 0 bridgehead atoms. The van der Waals surface area contributed by atoms with Gasteiger partial charge in [-0.1, -0.05) is 62.7 Å². The number of para-hydroxylation sites is 1. The molecule has 0 fully saturated rings. The molecule has 3 aromatic carbocycles. The van der Waals surface area contributed by atoms with E-state index in [9.17, 15) is 14.9 Å². The van der Waals surface area contributed by atoms with Gasteiger partial charge in [-0.05, 0) is 86.9 Å². The van der Waals surface area contributed by atoms with Crippen LogP contribution in [0.5, 0.6) is 5.75 Å². The van der Waals surface area contributed by atoms with Crippen molar-refractivity contribution in [3.8, 4) is 5.75 Å². The lowest BCUT2D eigenvalue weighted by atomic mass is 9.74. The van der Waals surface area contributed by atoms with Crippen LogP contribution in [0, 0.1) is 15.5 Å². The van der Waals surface area contributed by atoms with Crippen molar-refractivity contribution in [2.45, 2.75) is 83.9 Å². The summed E-state index contributed by atoms with van der Waals surface area (Å²) >= 11 is 0. The average molecular weight is 583 g/mol. The van der Waals surface area contributed by atoms with E-state index >= 15 is 0 Å². The van der Waals surface area contributed by atoms with Gasteiger partial charge in [-0.3, -0.25) is 14.9 Å². The fourth-order valence-electron chi connectivity index (χ4n) is 7.11.